The van der Waals surface area contributed by atoms with Crippen LogP contribution in [0.25, 0.3) is 0 Å². The van der Waals surface area contributed by atoms with Gasteiger partial charge in [-0.25, -0.2) is 0 Å². The molecule has 0 spiro atoms. The van der Waals surface area contributed by atoms with Gasteiger partial charge in [0, 0.05) is 20.6 Å². The summed E-state index contributed by atoms with van der Waals surface area (Å²) < 4.78 is 0. The summed E-state index contributed by atoms with van der Waals surface area (Å²) in [5.74, 6) is 0.805. The molecule has 0 aliphatic heterocycles. The van der Waals surface area contributed by atoms with Crippen molar-refractivity contribution in [2.45, 2.75) is 38.7 Å². The maximum Gasteiger partial charge on any atom is 0.127 e. The number of aliphatic imine (C=N–C) groups is 1. The molecule has 3 nitrogen and oxygen atoms in total. The first-order valence-corrected chi connectivity index (χ1v) is 8.59. The van der Waals surface area contributed by atoms with E-state index in [1.54, 1.807) is 0 Å². The summed E-state index contributed by atoms with van der Waals surface area (Å²) in [6.07, 6.45) is 0. The van der Waals surface area contributed by atoms with Gasteiger partial charge in [-0.3, -0.25) is 4.99 Å². The van der Waals surface area contributed by atoms with Crippen LogP contribution >= 0.6 is 0 Å². The first kappa shape index (κ1) is 13.6. The lowest BCUT2D eigenvalue weighted by atomic mass is 10.3. The molecule has 1 unspecified atom stereocenters. The molecule has 0 aromatic rings. The smallest absolute Gasteiger partial charge is 0.127 e. The molecule has 1 atom stereocenters. The van der Waals surface area contributed by atoms with E-state index in [4.69, 9.17) is 0 Å². The third kappa shape index (κ3) is 2.82. The number of likely N-dealkylation sites (N-methyl/N-ethyl adjacent to an activating group) is 1. The number of nitrogens with zero attached hydrogens (tertiary/aromatic N) is 2. The average Bonchev–Trinajstić information content (AvgIpc) is 1.96. The molecule has 0 aromatic heterocycles. The van der Waals surface area contributed by atoms with Gasteiger partial charge in [0.15, 0.2) is 0 Å². The first-order valence-electron chi connectivity index (χ1n) is 5.09. The third-order valence-electron chi connectivity index (χ3n) is 2.63. The highest BCUT2D eigenvalue weighted by atomic mass is 28.3. The van der Waals surface area contributed by atoms with Crippen LogP contribution in [-0.2, 0) is 0 Å². The lowest BCUT2D eigenvalue weighted by Crippen LogP contribution is -2.59. The molecule has 0 aromatic carbocycles. The van der Waals surface area contributed by atoms with Gasteiger partial charge < -0.3 is 10.0 Å². The van der Waals surface area contributed by atoms with Crippen molar-refractivity contribution in [2.24, 2.45) is 4.99 Å². The van der Waals surface area contributed by atoms with E-state index in [0.717, 1.165) is 5.84 Å². The normalized spacial score (nSPS) is 17.9. The predicted octanol–water partition coefficient (Wildman–Crippen LogP) is 1.59. The van der Waals surface area contributed by atoms with E-state index in [1.807, 2.05) is 32.8 Å². The van der Waals surface area contributed by atoms with Crippen molar-refractivity contribution in [1.29, 1.82) is 0 Å². The Hall–Kier alpha value is -0.353. The van der Waals surface area contributed by atoms with Crippen LogP contribution in [-0.4, -0.2) is 49.8 Å². The van der Waals surface area contributed by atoms with Crippen LogP contribution in [0.15, 0.2) is 4.99 Å². The molecule has 0 amide bonds. The molecule has 4 heteroatoms. The number of aliphatic hydroxyl groups is 1. The number of rotatable bonds is 3. The zero-order valence-electron chi connectivity index (χ0n) is 10.5. The van der Waals surface area contributed by atoms with E-state index in [-0.39, 0.29) is 0 Å². The second-order valence-corrected chi connectivity index (χ2v) is 10.5. The van der Waals surface area contributed by atoms with Crippen LogP contribution in [0.5, 0.6) is 0 Å². The summed E-state index contributed by atoms with van der Waals surface area (Å²) in [6.45, 7) is 11.1. The molecular weight excluding hydrogens is 192 g/mol. The van der Waals surface area contributed by atoms with Crippen LogP contribution in [0.1, 0.15) is 13.8 Å². The highest BCUT2D eigenvalue weighted by Gasteiger charge is 2.42. The van der Waals surface area contributed by atoms with Gasteiger partial charge in [-0.15, -0.1) is 0 Å². The van der Waals surface area contributed by atoms with Gasteiger partial charge >= 0.3 is 0 Å². The number of hydrogen-bond donors (Lipinski definition) is 1. The molecule has 0 heterocycles. The molecule has 1 N–H and O–H groups in total. The largest absolute Gasteiger partial charge is 0.386 e. The molecule has 0 saturated carbocycles. The van der Waals surface area contributed by atoms with E-state index in [0.29, 0.717) is 6.54 Å². The standard InChI is InChI=1S/C10H24N2OSi/c1-8-11-9(12(3)4)10(2,13)14(5,6)7/h13H,8H2,1-7H3. The van der Waals surface area contributed by atoms with Crippen molar-refractivity contribution < 1.29 is 5.11 Å². The van der Waals surface area contributed by atoms with Crippen molar-refractivity contribution in [3.8, 4) is 0 Å². The highest BCUT2D eigenvalue weighted by molar-refractivity contribution is 6.82. The molecule has 0 aliphatic rings. The second-order valence-electron chi connectivity index (χ2n) is 5.01. The Morgan fingerprint density at radius 3 is 2.00 bits per heavy atom. The molecule has 84 valence electrons. The average molecular weight is 216 g/mol. The molecule has 0 fully saturated rings. The van der Waals surface area contributed by atoms with Gasteiger partial charge in [-0.05, 0) is 13.8 Å². The fourth-order valence-corrected chi connectivity index (χ4v) is 2.19. The van der Waals surface area contributed by atoms with Crippen LogP contribution in [0.2, 0.25) is 19.6 Å². The minimum Gasteiger partial charge on any atom is -0.386 e. The number of amidine groups is 1. The Balaban J connectivity index is 5.12. The summed E-state index contributed by atoms with van der Waals surface area (Å²) in [7, 11) is 2.20. The maximum absolute atomic E-state index is 10.5. The van der Waals surface area contributed by atoms with Gasteiger partial charge in [0.1, 0.15) is 11.1 Å². The Morgan fingerprint density at radius 2 is 1.79 bits per heavy atom. The van der Waals surface area contributed by atoms with Crippen molar-refractivity contribution in [2.75, 3.05) is 20.6 Å². The molecule has 0 saturated heterocycles. The predicted molar refractivity (Wildman–Crippen MR) is 65.6 cm³/mol. The van der Waals surface area contributed by atoms with E-state index in [1.165, 1.54) is 0 Å². The van der Waals surface area contributed by atoms with Gasteiger partial charge in [-0.2, -0.15) is 0 Å². The summed E-state index contributed by atoms with van der Waals surface area (Å²) in [4.78, 5) is 6.31. The molecule has 14 heavy (non-hydrogen) atoms. The third-order valence-corrected chi connectivity index (χ3v) is 5.77. The zero-order valence-corrected chi connectivity index (χ0v) is 11.5. The van der Waals surface area contributed by atoms with E-state index < -0.39 is 13.3 Å². The fraction of sp³-hybridized carbons (Fsp3) is 0.900. The van der Waals surface area contributed by atoms with Gasteiger partial charge in [0.25, 0.3) is 0 Å². The van der Waals surface area contributed by atoms with Gasteiger partial charge in [0.05, 0.1) is 8.07 Å². The molecule has 0 radical (unpaired) electrons. The van der Waals surface area contributed by atoms with Crippen molar-refractivity contribution in [1.82, 2.24) is 4.90 Å². The summed E-state index contributed by atoms with van der Waals surface area (Å²) in [5, 5.41) is 9.74. The zero-order chi connectivity index (χ0) is 11.6. The molecule has 0 aliphatic carbocycles. The second kappa shape index (κ2) is 4.44. The fourth-order valence-electron chi connectivity index (χ4n) is 1.22. The Morgan fingerprint density at radius 1 is 1.36 bits per heavy atom. The summed E-state index contributed by atoms with van der Waals surface area (Å²) in [6, 6.07) is 0. The Bertz CT molecular complexity index is 217. The summed E-state index contributed by atoms with van der Waals surface area (Å²) in [5.41, 5.74) is 0. The van der Waals surface area contributed by atoms with Gasteiger partial charge in [-0.1, -0.05) is 19.6 Å². The molecule has 0 bridgehead atoms. The Labute approximate surface area is 88.9 Å². The van der Waals surface area contributed by atoms with Gasteiger partial charge in [0.2, 0.25) is 0 Å². The van der Waals surface area contributed by atoms with Crippen LogP contribution in [0.4, 0.5) is 0 Å². The quantitative estimate of drug-likeness (QED) is 0.442. The monoisotopic (exact) mass is 216 g/mol. The maximum atomic E-state index is 10.5. The van der Waals surface area contributed by atoms with E-state index in [9.17, 15) is 5.11 Å². The van der Waals surface area contributed by atoms with Crippen LogP contribution in [0.3, 0.4) is 0 Å². The van der Waals surface area contributed by atoms with Crippen molar-refractivity contribution >= 4 is 13.9 Å². The summed E-state index contributed by atoms with van der Waals surface area (Å²) >= 11 is 0. The minimum atomic E-state index is -1.66. The van der Waals surface area contributed by atoms with Crippen molar-refractivity contribution in [3.05, 3.63) is 0 Å². The SMILES string of the molecule is CCN=C(N(C)C)C(C)(O)[Si](C)(C)C. The lowest BCUT2D eigenvalue weighted by molar-refractivity contribution is 0.192. The minimum absolute atomic E-state index is 0.716. The highest BCUT2D eigenvalue weighted by Crippen LogP contribution is 2.22. The van der Waals surface area contributed by atoms with Crippen molar-refractivity contribution in [3.63, 3.8) is 0 Å². The molecule has 0 rings (SSSR count). The van der Waals surface area contributed by atoms with E-state index in [2.05, 4.69) is 24.6 Å². The lowest BCUT2D eigenvalue weighted by Gasteiger charge is -2.39. The number of hydrogen-bond acceptors (Lipinski definition) is 2. The topological polar surface area (TPSA) is 35.8 Å². The Kier molecular flexibility index (Phi) is 4.33. The van der Waals surface area contributed by atoms with Crippen LogP contribution < -0.4 is 0 Å². The van der Waals surface area contributed by atoms with Crippen LogP contribution in [0, 0.1) is 0 Å². The first-order chi connectivity index (χ1) is 6.14. The van der Waals surface area contributed by atoms with E-state index >= 15 is 0 Å². The molecular formula is C10H24N2OSi.